The molecule has 108 valence electrons. The number of benzene rings is 2. The van der Waals surface area contributed by atoms with Gasteiger partial charge in [-0.05, 0) is 30.2 Å². The number of rotatable bonds is 4. The van der Waals surface area contributed by atoms with Crippen molar-refractivity contribution in [2.24, 2.45) is 0 Å². The van der Waals surface area contributed by atoms with Gasteiger partial charge in [0.05, 0.1) is 10.0 Å². The SMILES string of the molecule is O=C(CCN1CCc2ccccc21)c1cccc(Cl)c1Cl. The number of nitrogens with zero attached hydrogens (tertiary/aromatic N) is 1. The Hall–Kier alpha value is -1.51. The van der Waals surface area contributed by atoms with Crippen LogP contribution in [0.5, 0.6) is 0 Å². The predicted molar refractivity (Wildman–Crippen MR) is 87.8 cm³/mol. The van der Waals surface area contributed by atoms with Crippen LogP contribution in [0.3, 0.4) is 0 Å². The summed E-state index contributed by atoms with van der Waals surface area (Å²) in [7, 11) is 0. The molecule has 1 heterocycles. The molecule has 0 unspecified atom stereocenters. The maximum absolute atomic E-state index is 12.3. The molecule has 0 saturated heterocycles. The second-order valence-electron chi connectivity index (χ2n) is 5.14. The van der Waals surface area contributed by atoms with E-state index in [0.717, 1.165) is 13.0 Å². The van der Waals surface area contributed by atoms with E-state index in [1.165, 1.54) is 11.3 Å². The number of ketones is 1. The molecule has 21 heavy (non-hydrogen) atoms. The maximum atomic E-state index is 12.3. The van der Waals surface area contributed by atoms with Gasteiger partial charge in [-0.3, -0.25) is 4.79 Å². The number of para-hydroxylation sites is 1. The van der Waals surface area contributed by atoms with Crippen molar-refractivity contribution in [3.05, 3.63) is 63.6 Å². The minimum absolute atomic E-state index is 0.0341. The van der Waals surface area contributed by atoms with Gasteiger partial charge >= 0.3 is 0 Å². The molecule has 0 amide bonds. The van der Waals surface area contributed by atoms with E-state index in [1.54, 1.807) is 18.2 Å². The normalized spacial score (nSPS) is 13.3. The third-order valence-electron chi connectivity index (χ3n) is 3.84. The van der Waals surface area contributed by atoms with Crippen molar-refractivity contribution in [3.8, 4) is 0 Å². The van der Waals surface area contributed by atoms with Crippen molar-refractivity contribution in [1.29, 1.82) is 0 Å². The van der Waals surface area contributed by atoms with Gasteiger partial charge in [-0.2, -0.15) is 0 Å². The van der Waals surface area contributed by atoms with Crippen LogP contribution in [0.1, 0.15) is 22.3 Å². The first-order chi connectivity index (χ1) is 10.2. The fraction of sp³-hybridized carbons (Fsp3) is 0.235. The minimum atomic E-state index is 0.0341. The first-order valence-electron chi connectivity index (χ1n) is 6.97. The van der Waals surface area contributed by atoms with E-state index in [2.05, 4.69) is 23.1 Å². The fourth-order valence-corrected chi connectivity index (χ4v) is 3.14. The average molecular weight is 320 g/mol. The molecule has 0 aliphatic carbocycles. The Bertz CT molecular complexity index is 684. The lowest BCUT2D eigenvalue weighted by atomic mass is 10.1. The van der Waals surface area contributed by atoms with Gasteiger partial charge in [-0.15, -0.1) is 0 Å². The summed E-state index contributed by atoms with van der Waals surface area (Å²) in [5.74, 6) is 0.0341. The summed E-state index contributed by atoms with van der Waals surface area (Å²) < 4.78 is 0. The number of anilines is 1. The van der Waals surface area contributed by atoms with Gasteiger partial charge in [-0.1, -0.05) is 47.5 Å². The largest absolute Gasteiger partial charge is 0.371 e. The number of halogens is 2. The van der Waals surface area contributed by atoms with E-state index in [0.29, 0.717) is 28.6 Å². The van der Waals surface area contributed by atoms with Gasteiger partial charge in [0.25, 0.3) is 0 Å². The van der Waals surface area contributed by atoms with Crippen LogP contribution in [-0.4, -0.2) is 18.9 Å². The van der Waals surface area contributed by atoms with Crippen molar-refractivity contribution in [2.45, 2.75) is 12.8 Å². The highest BCUT2D eigenvalue weighted by Crippen LogP contribution is 2.29. The quantitative estimate of drug-likeness (QED) is 0.766. The molecule has 0 bridgehead atoms. The van der Waals surface area contributed by atoms with E-state index >= 15 is 0 Å². The molecule has 0 fully saturated rings. The number of fused-ring (bicyclic) bond motifs is 1. The Morgan fingerprint density at radius 2 is 1.90 bits per heavy atom. The predicted octanol–water partition coefficient (Wildman–Crippen LogP) is 4.63. The molecule has 3 rings (SSSR count). The van der Waals surface area contributed by atoms with Crippen LogP contribution in [-0.2, 0) is 6.42 Å². The number of carbonyl (C=O) groups excluding carboxylic acids is 1. The molecule has 2 aromatic rings. The van der Waals surface area contributed by atoms with Crippen molar-refractivity contribution >= 4 is 34.7 Å². The molecule has 1 aliphatic heterocycles. The molecule has 4 heteroatoms. The molecular formula is C17H15Cl2NO. The standard InChI is InChI=1S/C17H15Cl2NO/c18-14-6-3-5-13(17(14)19)16(21)9-11-20-10-8-12-4-1-2-7-15(12)20/h1-7H,8-11H2. The smallest absolute Gasteiger partial charge is 0.166 e. The Balaban J connectivity index is 1.69. The molecule has 2 aromatic carbocycles. The van der Waals surface area contributed by atoms with Gasteiger partial charge < -0.3 is 4.90 Å². The highest BCUT2D eigenvalue weighted by molar-refractivity contribution is 6.43. The first-order valence-corrected chi connectivity index (χ1v) is 7.72. The second-order valence-corrected chi connectivity index (χ2v) is 5.93. The van der Waals surface area contributed by atoms with Crippen LogP contribution in [0, 0.1) is 0 Å². The minimum Gasteiger partial charge on any atom is -0.371 e. The zero-order chi connectivity index (χ0) is 14.8. The van der Waals surface area contributed by atoms with E-state index in [-0.39, 0.29) is 5.78 Å². The summed E-state index contributed by atoms with van der Waals surface area (Å²) >= 11 is 12.1. The average Bonchev–Trinajstić information content (AvgIpc) is 2.91. The summed E-state index contributed by atoms with van der Waals surface area (Å²) in [5, 5.41) is 0.778. The van der Waals surface area contributed by atoms with Gasteiger partial charge in [0.15, 0.2) is 5.78 Å². The van der Waals surface area contributed by atoms with Crippen molar-refractivity contribution < 1.29 is 4.79 Å². The second kappa shape index (κ2) is 6.08. The summed E-state index contributed by atoms with van der Waals surface area (Å²) in [6.45, 7) is 1.68. The number of hydrogen-bond acceptors (Lipinski definition) is 2. The molecule has 0 aromatic heterocycles. The lowest BCUT2D eigenvalue weighted by molar-refractivity contribution is 0.0985. The van der Waals surface area contributed by atoms with Gasteiger partial charge in [-0.25, -0.2) is 0 Å². The zero-order valence-corrected chi connectivity index (χ0v) is 13.0. The van der Waals surface area contributed by atoms with Crippen LogP contribution in [0.25, 0.3) is 0 Å². The highest BCUT2D eigenvalue weighted by Gasteiger charge is 2.20. The third kappa shape index (κ3) is 2.92. The topological polar surface area (TPSA) is 20.3 Å². The molecule has 0 radical (unpaired) electrons. The van der Waals surface area contributed by atoms with Crippen molar-refractivity contribution in [2.75, 3.05) is 18.0 Å². The van der Waals surface area contributed by atoms with Crippen molar-refractivity contribution in [1.82, 2.24) is 0 Å². The van der Waals surface area contributed by atoms with E-state index in [4.69, 9.17) is 23.2 Å². The van der Waals surface area contributed by atoms with Crippen LogP contribution in [0.2, 0.25) is 10.0 Å². The summed E-state index contributed by atoms with van der Waals surface area (Å²) in [6.07, 6.45) is 1.48. The van der Waals surface area contributed by atoms with Gasteiger partial charge in [0.2, 0.25) is 0 Å². The Morgan fingerprint density at radius 1 is 1.10 bits per heavy atom. The Labute approximate surface area is 134 Å². The Kier molecular flexibility index (Phi) is 4.18. The fourth-order valence-electron chi connectivity index (χ4n) is 2.73. The number of carbonyl (C=O) groups is 1. The lowest BCUT2D eigenvalue weighted by Crippen LogP contribution is -2.23. The molecule has 0 atom stereocenters. The van der Waals surface area contributed by atoms with Gasteiger partial charge in [0, 0.05) is 30.8 Å². The van der Waals surface area contributed by atoms with Crippen LogP contribution >= 0.6 is 23.2 Å². The number of Topliss-reactive ketones (excluding diaryl/α,β-unsaturated/α-hetero) is 1. The van der Waals surface area contributed by atoms with Crippen LogP contribution in [0.4, 0.5) is 5.69 Å². The van der Waals surface area contributed by atoms with Crippen LogP contribution < -0.4 is 4.90 Å². The highest BCUT2D eigenvalue weighted by atomic mass is 35.5. The summed E-state index contributed by atoms with van der Waals surface area (Å²) in [5.41, 5.74) is 3.10. The van der Waals surface area contributed by atoms with Crippen LogP contribution in [0.15, 0.2) is 42.5 Å². The lowest BCUT2D eigenvalue weighted by Gasteiger charge is -2.19. The molecular weight excluding hydrogens is 305 g/mol. The maximum Gasteiger partial charge on any atom is 0.166 e. The molecule has 0 N–H and O–H groups in total. The molecule has 0 spiro atoms. The first kappa shape index (κ1) is 14.4. The summed E-state index contributed by atoms with van der Waals surface area (Å²) in [6, 6.07) is 13.5. The molecule has 2 nitrogen and oxygen atoms in total. The van der Waals surface area contributed by atoms with Crippen molar-refractivity contribution in [3.63, 3.8) is 0 Å². The number of hydrogen-bond donors (Lipinski definition) is 0. The third-order valence-corrected chi connectivity index (χ3v) is 4.66. The monoisotopic (exact) mass is 319 g/mol. The zero-order valence-electron chi connectivity index (χ0n) is 11.5. The van der Waals surface area contributed by atoms with Gasteiger partial charge in [0.1, 0.15) is 0 Å². The Morgan fingerprint density at radius 3 is 2.76 bits per heavy atom. The summed E-state index contributed by atoms with van der Waals surface area (Å²) in [4.78, 5) is 14.6. The molecule has 1 aliphatic rings. The van der Waals surface area contributed by atoms with E-state index in [9.17, 15) is 4.79 Å². The van der Waals surface area contributed by atoms with E-state index in [1.807, 2.05) is 6.07 Å². The molecule has 0 saturated carbocycles. The van der Waals surface area contributed by atoms with E-state index < -0.39 is 0 Å².